The minimum absolute atomic E-state index is 0.00908. The van der Waals surface area contributed by atoms with Crippen molar-refractivity contribution in [2.24, 2.45) is 5.92 Å². The Hall–Kier alpha value is -2.51. The first kappa shape index (κ1) is 21.7. The van der Waals surface area contributed by atoms with Gasteiger partial charge in [-0.15, -0.1) is 0 Å². The number of amides is 1. The summed E-state index contributed by atoms with van der Waals surface area (Å²) in [6.45, 7) is 11.1. The molecule has 4 rings (SSSR count). The second kappa shape index (κ2) is 9.32. The van der Waals surface area contributed by atoms with Gasteiger partial charge < -0.3 is 14.4 Å². The number of aryl methyl sites for hydroxylation is 1. The van der Waals surface area contributed by atoms with E-state index < -0.39 is 0 Å². The molecule has 0 N–H and O–H groups in total. The standard InChI is InChI=1S/C23H29ClN4O3/c1-16(2)13-28-23(24)19(17(3)25-28)5-7-22(29)27-10-8-26(9-11-27)14-18-4-6-20-21(12-18)31-15-30-20/h4-7,12,16H,8-11,13-15H2,1-3H3. The Morgan fingerprint density at radius 1 is 1.19 bits per heavy atom. The number of ether oxygens (including phenoxy) is 2. The number of carbonyl (C=O) groups is 1. The van der Waals surface area contributed by atoms with Crippen molar-refractivity contribution in [3.8, 4) is 11.5 Å². The van der Waals surface area contributed by atoms with Crippen molar-refractivity contribution in [2.45, 2.75) is 33.9 Å². The van der Waals surface area contributed by atoms with Gasteiger partial charge in [0.1, 0.15) is 5.15 Å². The molecule has 1 saturated heterocycles. The molecule has 8 heteroatoms. The fourth-order valence-electron chi connectivity index (χ4n) is 3.91. The van der Waals surface area contributed by atoms with Crippen LogP contribution in [-0.4, -0.2) is 58.5 Å². The molecule has 0 spiro atoms. The summed E-state index contributed by atoms with van der Waals surface area (Å²) in [7, 11) is 0. The Morgan fingerprint density at radius 3 is 2.68 bits per heavy atom. The Kier molecular flexibility index (Phi) is 6.53. The predicted octanol–water partition coefficient (Wildman–Crippen LogP) is 3.59. The van der Waals surface area contributed by atoms with Crippen LogP contribution in [-0.2, 0) is 17.9 Å². The van der Waals surface area contributed by atoms with Gasteiger partial charge in [-0.25, -0.2) is 0 Å². The molecule has 1 amide bonds. The van der Waals surface area contributed by atoms with Crippen molar-refractivity contribution in [2.75, 3.05) is 33.0 Å². The molecule has 31 heavy (non-hydrogen) atoms. The molecule has 166 valence electrons. The Labute approximate surface area is 188 Å². The molecule has 0 bridgehead atoms. The molecule has 7 nitrogen and oxygen atoms in total. The summed E-state index contributed by atoms with van der Waals surface area (Å²) in [6.07, 6.45) is 3.41. The van der Waals surface area contributed by atoms with Crippen LogP contribution >= 0.6 is 11.6 Å². The average molecular weight is 445 g/mol. The van der Waals surface area contributed by atoms with E-state index in [1.54, 1.807) is 16.8 Å². The first-order valence-electron chi connectivity index (χ1n) is 10.7. The molecule has 0 aliphatic carbocycles. The van der Waals surface area contributed by atoms with E-state index in [1.807, 2.05) is 24.0 Å². The van der Waals surface area contributed by atoms with Crippen LogP contribution in [0.1, 0.15) is 30.7 Å². The number of benzene rings is 1. The van der Waals surface area contributed by atoms with E-state index in [4.69, 9.17) is 21.1 Å². The molecule has 0 unspecified atom stereocenters. The first-order valence-corrected chi connectivity index (χ1v) is 11.1. The number of hydrogen-bond donors (Lipinski definition) is 0. The molecule has 0 atom stereocenters. The lowest BCUT2D eigenvalue weighted by Crippen LogP contribution is -2.47. The van der Waals surface area contributed by atoms with Crippen molar-refractivity contribution in [1.82, 2.24) is 19.6 Å². The third-order valence-corrected chi connectivity index (χ3v) is 5.97. The van der Waals surface area contributed by atoms with Crippen molar-refractivity contribution in [3.05, 3.63) is 46.2 Å². The summed E-state index contributed by atoms with van der Waals surface area (Å²) < 4.78 is 12.6. The van der Waals surface area contributed by atoms with Gasteiger partial charge in [-0.3, -0.25) is 14.4 Å². The second-order valence-electron chi connectivity index (χ2n) is 8.49. The van der Waals surface area contributed by atoms with Gasteiger partial charge in [-0.05, 0) is 36.6 Å². The summed E-state index contributed by atoms with van der Waals surface area (Å²) in [5, 5.41) is 5.08. The maximum absolute atomic E-state index is 12.7. The van der Waals surface area contributed by atoms with E-state index in [9.17, 15) is 4.79 Å². The quantitative estimate of drug-likeness (QED) is 0.637. The maximum atomic E-state index is 12.7. The lowest BCUT2D eigenvalue weighted by atomic mass is 10.1. The largest absolute Gasteiger partial charge is 0.454 e. The van der Waals surface area contributed by atoms with Gasteiger partial charge in [0.15, 0.2) is 11.5 Å². The third-order valence-electron chi connectivity index (χ3n) is 5.57. The van der Waals surface area contributed by atoms with Crippen LogP contribution in [0.2, 0.25) is 5.15 Å². The lowest BCUT2D eigenvalue weighted by Gasteiger charge is -2.34. The number of hydrogen-bond acceptors (Lipinski definition) is 5. The van der Waals surface area contributed by atoms with E-state index in [-0.39, 0.29) is 12.7 Å². The van der Waals surface area contributed by atoms with E-state index in [0.717, 1.165) is 48.9 Å². The van der Waals surface area contributed by atoms with Crippen molar-refractivity contribution in [1.29, 1.82) is 0 Å². The first-order chi connectivity index (χ1) is 14.9. The highest BCUT2D eigenvalue weighted by Gasteiger charge is 2.21. The zero-order valence-electron chi connectivity index (χ0n) is 18.3. The summed E-state index contributed by atoms with van der Waals surface area (Å²) >= 11 is 6.48. The summed E-state index contributed by atoms with van der Waals surface area (Å²) in [6, 6.07) is 6.06. The predicted molar refractivity (Wildman–Crippen MR) is 120 cm³/mol. The molecule has 1 fully saturated rings. The number of aromatic nitrogens is 2. The number of piperazine rings is 1. The van der Waals surface area contributed by atoms with Gasteiger partial charge in [0.05, 0.1) is 5.69 Å². The molecule has 2 aliphatic heterocycles. The normalized spacial score (nSPS) is 16.6. The fraction of sp³-hybridized carbons (Fsp3) is 0.478. The monoisotopic (exact) mass is 444 g/mol. The van der Waals surface area contributed by atoms with Gasteiger partial charge in [0, 0.05) is 50.9 Å². The number of fused-ring (bicyclic) bond motifs is 1. The Bertz CT molecular complexity index is 977. The molecule has 3 heterocycles. The maximum Gasteiger partial charge on any atom is 0.246 e. The molecule has 2 aromatic rings. The van der Waals surface area contributed by atoms with Gasteiger partial charge in [0.2, 0.25) is 12.7 Å². The average Bonchev–Trinajstić information content (AvgIpc) is 3.30. The van der Waals surface area contributed by atoms with Gasteiger partial charge >= 0.3 is 0 Å². The highest BCUT2D eigenvalue weighted by Crippen LogP contribution is 2.32. The van der Waals surface area contributed by atoms with Crippen LogP contribution in [0.25, 0.3) is 6.08 Å². The molecule has 0 radical (unpaired) electrons. The topological polar surface area (TPSA) is 59.8 Å². The van der Waals surface area contributed by atoms with Gasteiger partial charge in [-0.1, -0.05) is 31.5 Å². The molecule has 1 aromatic carbocycles. The van der Waals surface area contributed by atoms with Crippen LogP contribution in [0, 0.1) is 12.8 Å². The van der Waals surface area contributed by atoms with Crippen molar-refractivity contribution >= 4 is 23.6 Å². The number of halogens is 1. The van der Waals surface area contributed by atoms with E-state index in [0.29, 0.717) is 24.2 Å². The summed E-state index contributed by atoms with van der Waals surface area (Å²) in [4.78, 5) is 16.9. The summed E-state index contributed by atoms with van der Waals surface area (Å²) in [5.41, 5.74) is 2.84. The number of carbonyl (C=O) groups excluding carboxylic acids is 1. The van der Waals surface area contributed by atoms with Crippen LogP contribution in [0.3, 0.4) is 0 Å². The molecular formula is C23H29ClN4O3. The van der Waals surface area contributed by atoms with Crippen LogP contribution < -0.4 is 9.47 Å². The van der Waals surface area contributed by atoms with Crippen molar-refractivity contribution in [3.63, 3.8) is 0 Å². The Balaban J connectivity index is 1.31. The van der Waals surface area contributed by atoms with E-state index in [2.05, 4.69) is 29.9 Å². The number of rotatable bonds is 6. The fourth-order valence-corrected chi connectivity index (χ4v) is 4.21. The number of nitrogens with zero attached hydrogens (tertiary/aromatic N) is 4. The smallest absolute Gasteiger partial charge is 0.246 e. The van der Waals surface area contributed by atoms with Gasteiger partial charge in [-0.2, -0.15) is 5.10 Å². The molecule has 2 aliphatic rings. The molecular weight excluding hydrogens is 416 g/mol. The van der Waals surface area contributed by atoms with E-state index >= 15 is 0 Å². The van der Waals surface area contributed by atoms with Crippen LogP contribution in [0.5, 0.6) is 11.5 Å². The minimum atomic E-state index is 0.00908. The van der Waals surface area contributed by atoms with Crippen LogP contribution in [0.15, 0.2) is 24.3 Å². The Morgan fingerprint density at radius 2 is 1.94 bits per heavy atom. The van der Waals surface area contributed by atoms with Crippen LogP contribution in [0.4, 0.5) is 0 Å². The lowest BCUT2D eigenvalue weighted by molar-refractivity contribution is -0.127. The highest BCUT2D eigenvalue weighted by atomic mass is 35.5. The highest BCUT2D eigenvalue weighted by molar-refractivity contribution is 6.31. The second-order valence-corrected chi connectivity index (χ2v) is 8.85. The van der Waals surface area contributed by atoms with E-state index in [1.165, 1.54) is 5.56 Å². The zero-order valence-corrected chi connectivity index (χ0v) is 19.1. The SMILES string of the molecule is Cc1nn(CC(C)C)c(Cl)c1C=CC(=O)N1CCN(Cc2ccc3c(c2)OCO3)CC1. The summed E-state index contributed by atoms with van der Waals surface area (Å²) in [5.74, 6) is 2.07. The minimum Gasteiger partial charge on any atom is -0.454 e. The third kappa shape index (κ3) is 5.05. The van der Waals surface area contributed by atoms with Crippen molar-refractivity contribution < 1.29 is 14.3 Å². The molecule has 0 saturated carbocycles. The molecule has 1 aromatic heterocycles. The van der Waals surface area contributed by atoms with Gasteiger partial charge in [0.25, 0.3) is 0 Å². The zero-order chi connectivity index (χ0) is 22.0.